The van der Waals surface area contributed by atoms with Gasteiger partial charge in [-0.05, 0) is 12.8 Å². The van der Waals surface area contributed by atoms with Crippen molar-refractivity contribution in [3.8, 4) is 0 Å². The Morgan fingerprint density at radius 3 is 2.54 bits per heavy atom. The van der Waals surface area contributed by atoms with Gasteiger partial charge in [0.2, 0.25) is 17.8 Å². The molecular weight excluding hydrogens is 332 g/mol. The first-order valence-corrected chi connectivity index (χ1v) is 9.50. The summed E-state index contributed by atoms with van der Waals surface area (Å²) in [6.45, 7) is 8.39. The molecule has 8 heteroatoms. The molecule has 1 unspecified atom stereocenters. The number of nitrogens with zero attached hydrogens (tertiary/aromatic N) is 6. The molecule has 1 aromatic heterocycles. The highest BCUT2D eigenvalue weighted by Gasteiger charge is 2.31. The van der Waals surface area contributed by atoms with Crippen LogP contribution in [-0.4, -0.2) is 79.2 Å². The van der Waals surface area contributed by atoms with Gasteiger partial charge in [0, 0.05) is 46.2 Å². The van der Waals surface area contributed by atoms with Crippen molar-refractivity contribution in [3.05, 3.63) is 5.82 Å². The molecule has 0 bridgehead atoms. The predicted octanol–water partition coefficient (Wildman–Crippen LogP) is 1.14. The Morgan fingerprint density at radius 2 is 1.88 bits per heavy atom. The van der Waals surface area contributed by atoms with Crippen LogP contribution in [-0.2, 0) is 9.53 Å². The molecule has 1 amide bonds. The minimum absolute atomic E-state index is 0.00363. The van der Waals surface area contributed by atoms with E-state index in [1.807, 2.05) is 23.9 Å². The zero-order chi connectivity index (χ0) is 18.7. The highest BCUT2D eigenvalue weighted by Crippen LogP contribution is 2.24. The van der Waals surface area contributed by atoms with Crippen LogP contribution in [0, 0.1) is 5.92 Å². The topological polar surface area (TPSA) is 74.7 Å². The average Bonchev–Trinajstić information content (AvgIpc) is 2.67. The van der Waals surface area contributed by atoms with E-state index >= 15 is 0 Å². The van der Waals surface area contributed by atoms with E-state index in [9.17, 15) is 4.79 Å². The van der Waals surface area contributed by atoms with E-state index in [1.54, 1.807) is 0 Å². The third-order valence-corrected chi connectivity index (χ3v) is 4.92. The molecule has 8 nitrogen and oxygen atoms in total. The smallest absolute Gasteiger partial charge is 0.230 e. The summed E-state index contributed by atoms with van der Waals surface area (Å²) in [5.41, 5.74) is 0. The molecule has 0 saturated carbocycles. The summed E-state index contributed by atoms with van der Waals surface area (Å²) in [6, 6.07) is 0. The van der Waals surface area contributed by atoms with Crippen molar-refractivity contribution in [3.63, 3.8) is 0 Å². The zero-order valence-corrected chi connectivity index (χ0v) is 16.3. The molecule has 1 aromatic rings. The lowest BCUT2D eigenvalue weighted by molar-refractivity contribution is -0.139. The number of amides is 1. The number of aromatic nitrogens is 3. The second-order valence-corrected chi connectivity index (χ2v) is 7.57. The van der Waals surface area contributed by atoms with Gasteiger partial charge in [0.05, 0.1) is 19.1 Å². The highest BCUT2D eigenvalue weighted by atomic mass is 16.5. The third kappa shape index (κ3) is 4.23. The summed E-state index contributed by atoms with van der Waals surface area (Å²) < 4.78 is 5.36. The van der Waals surface area contributed by atoms with Crippen LogP contribution in [0.5, 0.6) is 0 Å². The first-order chi connectivity index (χ1) is 12.5. The van der Waals surface area contributed by atoms with Crippen molar-refractivity contribution in [2.24, 2.45) is 5.92 Å². The van der Waals surface area contributed by atoms with Gasteiger partial charge in [-0.3, -0.25) is 4.79 Å². The molecule has 0 aromatic carbocycles. The highest BCUT2D eigenvalue weighted by molar-refractivity contribution is 5.79. The average molecular weight is 362 g/mol. The number of carbonyl (C=O) groups excluding carboxylic acids is 1. The Kier molecular flexibility index (Phi) is 5.90. The number of carbonyl (C=O) groups is 1. The summed E-state index contributed by atoms with van der Waals surface area (Å²) in [5, 5.41) is 0. The summed E-state index contributed by atoms with van der Waals surface area (Å²) in [4.78, 5) is 32.7. The Morgan fingerprint density at radius 1 is 1.15 bits per heavy atom. The van der Waals surface area contributed by atoms with Crippen LogP contribution in [0.15, 0.2) is 0 Å². The first-order valence-electron chi connectivity index (χ1n) is 9.50. The van der Waals surface area contributed by atoms with Gasteiger partial charge in [0.15, 0.2) is 0 Å². The first kappa shape index (κ1) is 18.8. The molecule has 0 spiro atoms. The lowest BCUT2D eigenvalue weighted by Gasteiger charge is -2.36. The Hall–Kier alpha value is -1.96. The molecule has 3 heterocycles. The van der Waals surface area contributed by atoms with E-state index in [0.717, 1.165) is 25.2 Å². The van der Waals surface area contributed by atoms with Gasteiger partial charge >= 0.3 is 0 Å². The SMILES string of the molecule is CC(C)c1nc(N(C)C)nc(N2CCCC(C(=O)N3CCOCC3)C2)n1. The van der Waals surface area contributed by atoms with E-state index in [4.69, 9.17) is 4.74 Å². The maximum atomic E-state index is 12.9. The molecule has 0 aliphatic carbocycles. The van der Waals surface area contributed by atoms with Crippen molar-refractivity contribution in [2.45, 2.75) is 32.6 Å². The van der Waals surface area contributed by atoms with Crippen LogP contribution < -0.4 is 9.80 Å². The number of piperidine rings is 1. The Balaban J connectivity index is 1.77. The standard InChI is InChI=1S/C18H30N6O2/c1-13(2)15-19-17(22(3)4)21-18(20-15)24-7-5-6-14(12-24)16(25)23-8-10-26-11-9-23/h13-14H,5-12H2,1-4H3. The lowest BCUT2D eigenvalue weighted by Crippen LogP contribution is -2.48. The van der Waals surface area contributed by atoms with Crippen LogP contribution in [0.3, 0.4) is 0 Å². The Bertz CT molecular complexity index is 604. The van der Waals surface area contributed by atoms with E-state index < -0.39 is 0 Å². The van der Waals surface area contributed by atoms with Crippen molar-refractivity contribution in [1.82, 2.24) is 19.9 Å². The molecule has 3 rings (SSSR count). The largest absolute Gasteiger partial charge is 0.378 e. The van der Waals surface area contributed by atoms with Crippen molar-refractivity contribution in [1.29, 1.82) is 0 Å². The molecular formula is C18H30N6O2. The van der Waals surface area contributed by atoms with Gasteiger partial charge < -0.3 is 19.4 Å². The van der Waals surface area contributed by atoms with Gasteiger partial charge in [-0.25, -0.2) is 0 Å². The third-order valence-electron chi connectivity index (χ3n) is 4.92. The van der Waals surface area contributed by atoms with Gasteiger partial charge in [-0.15, -0.1) is 0 Å². The second kappa shape index (κ2) is 8.16. The summed E-state index contributed by atoms with van der Waals surface area (Å²) in [5.74, 6) is 2.62. The van der Waals surface area contributed by atoms with Crippen LogP contribution in [0.2, 0.25) is 0 Å². The van der Waals surface area contributed by atoms with E-state index in [2.05, 4.69) is 33.7 Å². The maximum absolute atomic E-state index is 12.9. The number of hydrogen-bond acceptors (Lipinski definition) is 7. The van der Waals surface area contributed by atoms with Crippen molar-refractivity contribution >= 4 is 17.8 Å². The Labute approximate surface area is 155 Å². The lowest BCUT2D eigenvalue weighted by atomic mass is 9.96. The molecule has 26 heavy (non-hydrogen) atoms. The summed E-state index contributed by atoms with van der Waals surface area (Å²) in [6.07, 6.45) is 1.90. The molecule has 0 N–H and O–H groups in total. The molecule has 144 valence electrons. The van der Waals surface area contributed by atoms with E-state index in [0.29, 0.717) is 44.7 Å². The normalized spacial score (nSPS) is 21.2. The molecule has 2 aliphatic rings. The number of rotatable bonds is 4. The second-order valence-electron chi connectivity index (χ2n) is 7.57. The maximum Gasteiger partial charge on any atom is 0.230 e. The fraction of sp³-hybridized carbons (Fsp3) is 0.778. The van der Waals surface area contributed by atoms with Crippen LogP contribution in [0.4, 0.5) is 11.9 Å². The van der Waals surface area contributed by atoms with E-state index in [-0.39, 0.29) is 17.7 Å². The van der Waals surface area contributed by atoms with E-state index in [1.165, 1.54) is 0 Å². The van der Waals surface area contributed by atoms with Gasteiger partial charge in [0.25, 0.3) is 0 Å². The molecule has 2 aliphatic heterocycles. The van der Waals surface area contributed by atoms with Crippen molar-refractivity contribution in [2.75, 3.05) is 63.3 Å². The minimum Gasteiger partial charge on any atom is -0.378 e. The zero-order valence-electron chi connectivity index (χ0n) is 16.3. The summed E-state index contributed by atoms with van der Waals surface area (Å²) in [7, 11) is 3.87. The minimum atomic E-state index is 0.00363. The molecule has 2 fully saturated rings. The number of anilines is 2. The number of hydrogen-bond donors (Lipinski definition) is 0. The fourth-order valence-electron chi connectivity index (χ4n) is 3.37. The molecule has 0 radical (unpaired) electrons. The van der Waals surface area contributed by atoms with Crippen LogP contribution in [0.25, 0.3) is 0 Å². The predicted molar refractivity (Wildman–Crippen MR) is 101 cm³/mol. The monoisotopic (exact) mass is 362 g/mol. The summed E-state index contributed by atoms with van der Waals surface area (Å²) >= 11 is 0. The number of morpholine rings is 1. The van der Waals surface area contributed by atoms with Gasteiger partial charge in [-0.2, -0.15) is 15.0 Å². The fourth-order valence-corrected chi connectivity index (χ4v) is 3.37. The van der Waals surface area contributed by atoms with Crippen LogP contribution in [0.1, 0.15) is 38.4 Å². The number of ether oxygens (including phenoxy) is 1. The van der Waals surface area contributed by atoms with Gasteiger partial charge in [-0.1, -0.05) is 13.8 Å². The van der Waals surface area contributed by atoms with Gasteiger partial charge in [0.1, 0.15) is 5.82 Å². The molecule has 1 atom stereocenters. The molecule has 2 saturated heterocycles. The quantitative estimate of drug-likeness (QED) is 0.795. The van der Waals surface area contributed by atoms with Crippen LogP contribution >= 0.6 is 0 Å². The van der Waals surface area contributed by atoms with Crippen molar-refractivity contribution < 1.29 is 9.53 Å².